The minimum absolute atomic E-state index is 0.0315. The van der Waals surface area contributed by atoms with Crippen LogP contribution in [0.1, 0.15) is 29.8 Å². The average Bonchev–Trinajstić information content (AvgIpc) is 3.20. The van der Waals surface area contributed by atoms with E-state index in [9.17, 15) is 14.6 Å². The van der Waals surface area contributed by atoms with Crippen LogP contribution in [0.5, 0.6) is 11.5 Å². The molecule has 0 spiro atoms. The molecular formula is C17H19BN2O7S2. The smallest absolute Gasteiger partial charge is 0.534 e. The lowest BCUT2D eigenvalue weighted by Gasteiger charge is -2.28. The zero-order valence-corrected chi connectivity index (χ0v) is 17.6. The molecule has 1 aromatic carbocycles. The molecule has 0 bridgehead atoms. The van der Waals surface area contributed by atoms with Crippen molar-refractivity contribution in [2.45, 2.75) is 29.8 Å². The summed E-state index contributed by atoms with van der Waals surface area (Å²) >= 11 is 2.72. The van der Waals surface area contributed by atoms with Gasteiger partial charge < -0.3 is 23.9 Å². The highest BCUT2D eigenvalue weighted by atomic mass is 32.2. The van der Waals surface area contributed by atoms with Crippen LogP contribution >= 0.6 is 23.1 Å². The fourth-order valence-electron chi connectivity index (χ4n) is 2.60. The van der Waals surface area contributed by atoms with Gasteiger partial charge in [-0.3, -0.25) is 4.79 Å². The van der Waals surface area contributed by atoms with Gasteiger partial charge in [0, 0.05) is 0 Å². The Labute approximate surface area is 175 Å². The summed E-state index contributed by atoms with van der Waals surface area (Å²) in [6, 6.07) is 3.40. The number of benzene rings is 1. The van der Waals surface area contributed by atoms with Gasteiger partial charge in [0.15, 0.2) is 4.34 Å². The molecular weight excluding hydrogens is 419 g/mol. The van der Waals surface area contributed by atoms with Crippen molar-refractivity contribution in [2.75, 3.05) is 13.9 Å². The van der Waals surface area contributed by atoms with Crippen LogP contribution in [0.4, 0.5) is 0 Å². The quantitative estimate of drug-likeness (QED) is 0.391. The fraction of sp³-hybridized carbons (Fsp3) is 0.412. The summed E-state index contributed by atoms with van der Waals surface area (Å²) in [5.74, 6) is -1.19. The molecule has 0 saturated carbocycles. The zero-order valence-electron chi connectivity index (χ0n) is 16.0. The second-order valence-corrected chi connectivity index (χ2v) is 8.69. The van der Waals surface area contributed by atoms with Gasteiger partial charge in [-0.2, -0.15) is 0 Å². The summed E-state index contributed by atoms with van der Waals surface area (Å²) < 4.78 is 21.6. The SMILES string of the molecule is COc1ccc2c(c1C(=O)OCOC(=O)C(C)C)OB(O)C(Sc1nncs1)C2. The third-order valence-electron chi connectivity index (χ3n) is 4.06. The zero-order chi connectivity index (χ0) is 21.0. The number of fused-ring (bicyclic) bond motifs is 1. The number of ether oxygens (including phenoxy) is 3. The third-order valence-corrected chi connectivity index (χ3v) is 6.10. The number of methoxy groups -OCH3 is 1. The Hall–Kier alpha value is -2.31. The number of esters is 2. The van der Waals surface area contributed by atoms with Crippen LogP contribution in [0.2, 0.25) is 0 Å². The van der Waals surface area contributed by atoms with Gasteiger partial charge in [0.1, 0.15) is 22.6 Å². The maximum atomic E-state index is 12.6. The van der Waals surface area contributed by atoms with E-state index in [-0.39, 0.29) is 28.1 Å². The van der Waals surface area contributed by atoms with Crippen LogP contribution in [-0.4, -0.2) is 53.3 Å². The molecule has 1 aliphatic rings. The number of carbonyl (C=O) groups excluding carboxylic acids is 2. The molecule has 1 atom stereocenters. The number of thioether (sulfide) groups is 1. The summed E-state index contributed by atoms with van der Waals surface area (Å²) in [5, 5.41) is 17.9. The summed E-state index contributed by atoms with van der Waals surface area (Å²) in [5.41, 5.74) is 2.35. The Kier molecular flexibility index (Phi) is 6.98. The summed E-state index contributed by atoms with van der Waals surface area (Å²) in [6.45, 7) is 2.82. The van der Waals surface area contributed by atoms with Crippen LogP contribution < -0.4 is 9.39 Å². The number of nitrogens with zero attached hydrogens (tertiary/aromatic N) is 2. The molecule has 0 saturated heterocycles. The maximum absolute atomic E-state index is 12.6. The first kappa shape index (κ1) is 21.4. The van der Waals surface area contributed by atoms with Crippen LogP contribution in [0.3, 0.4) is 0 Å². The van der Waals surface area contributed by atoms with Gasteiger partial charge in [-0.05, 0) is 18.1 Å². The molecule has 2 aromatic rings. The van der Waals surface area contributed by atoms with Crippen molar-refractivity contribution in [2.24, 2.45) is 5.92 Å². The lowest BCUT2D eigenvalue weighted by Crippen LogP contribution is -2.40. The Morgan fingerprint density at radius 3 is 2.86 bits per heavy atom. The average molecular weight is 438 g/mol. The highest BCUT2D eigenvalue weighted by molar-refractivity contribution is 8.02. The van der Waals surface area contributed by atoms with Crippen LogP contribution in [-0.2, 0) is 20.7 Å². The molecule has 0 fully saturated rings. The van der Waals surface area contributed by atoms with Gasteiger partial charge in [0.2, 0.25) is 6.79 Å². The Bertz CT molecular complexity index is 879. The molecule has 1 unspecified atom stereocenters. The van der Waals surface area contributed by atoms with Gasteiger partial charge in [0.25, 0.3) is 0 Å². The van der Waals surface area contributed by atoms with E-state index in [0.717, 1.165) is 0 Å². The number of rotatable bonds is 7. The lowest BCUT2D eigenvalue weighted by molar-refractivity contribution is -0.155. The maximum Gasteiger partial charge on any atom is 0.537 e. The molecule has 2 heterocycles. The van der Waals surface area contributed by atoms with E-state index in [2.05, 4.69) is 10.2 Å². The molecule has 1 aliphatic heterocycles. The molecule has 9 nitrogen and oxygen atoms in total. The number of hydrogen-bond acceptors (Lipinski definition) is 11. The second-order valence-electron chi connectivity index (χ2n) is 6.37. The first-order valence-electron chi connectivity index (χ1n) is 8.71. The molecule has 0 radical (unpaired) electrons. The van der Waals surface area contributed by atoms with Crippen molar-refractivity contribution < 1.29 is 33.5 Å². The Morgan fingerprint density at radius 1 is 1.41 bits per heavy atom. The highest BCUT2D eigenvalue weighted by Gasteiger charge is 2.39. The molecule has 3 rings (SSSR count). The van der Waals surface area contributed by atoms with Crippen molar-refractivity contribution in [3.63, 3.8) is 0 Å². The van der Waals surface area contributed by atoms with E-state index in [1.54, 1.807) is 31.5 Å². The van der Waals surface area contributed by atoms with E-state index >= 15 is 0 Å². The van der Waals surface area contributed by atoms with E-state index in [0.29, 0.717) is 16.3 Å². The standard InChI is InChI=1S/C17H19BN2O7S2/c1-9(2)15(21)25-8-26-16(22)13-11(24-3)5-4-10-6-12(18(23)27-14(10)13)29-17-20-19-7-28-17/h4-5,7,9,12,23H,6,8H2,1-3H3. The second kappa shape index (κ2) is 9.46. The highest BCUT2D eigenvalue weighted by Crippen LogP contribution is 2.40. The van der Waals surface area contributed by atoms with E-state index in [1.807, 2.05) is 0 Å². The monoisotopic (exact) mass is 438 g/mol. The predicted molar refractivity (Wildman–Crippen MR) is 106 cm³/mol. The van der Waals surface area contributed by atoms with Gasteiger partial charge in [-0.25, -0.2) is 4.79 Å². The molecule has 154 valence electrons. The Balaban J connectivity index is 1.78. The van der Waals surface area contributed by atoms with Crippen LogP contribution in [0, 0.1) is 5.92 Å². The first-order valence-corrected chi connectivity index (χ1v) is 10.5. The van der Waals surface area contributed by atoms with Crippen molar-refractivity contribution in [3.05, 3.63) is 28.8 Å². The van der Waals surface area contributed by atoms with Gasteiger partial charge in [0.05, 0.1) is 18.2 Å². The number of hydrogen-bond donors (Lipinski definition) is 1. The fourth-order valence-corrected chi connectivity index (χ4v) is 4.39. The predicted octanol–water partition coefficient (Wildman–Crippen LogP) is 1.98. The number of aromatic nitrogens is 2. The molecule has 29 heavy (non-hydrogen) atoms. The molecule has 0 aliphatic carbocycles. The van der Waals surface area contributed by atoms with Crippen molar-refractivity contribution in [1.29, 1.82) is 0 Å². The molecule has 1 N–H and O–H groups in total. The third kappa shape index (κ3) is 5.00. The van der Waals surface area contributed by atoms with Crippen LogP contribution in [0.25, 0.3) is 0 Å². The molecule has 12 heteroatoms. The lowest BCUT2D eigenvalue weighted by atomic mass is 9.77. The van der Waals surface area contributed by atoms with Crippen molar-refractivity contribution in [3.8, 4) is 11.5 Å². The number of carbonyl (C=O) groups is 2. The van der Waals surface area contributed by atoms with Crippen molar-refractivity contribution >= 4 is 42.2 Å². The van der Waals surface area contributed by atoms with Crippen molar-refractivity contribution in [1.82, 2.24) is 10.2 Å². The van der Waals surface area contributed by atoms with E-state index in [1.165, 1.54) is 30.2 Å². The van der Waals surface area contributed by atoms with E-state index in [4.69, 9.17) is 18.9 Å². The first-order chi connectivity index (χ1) is 13.9. The summed E-state index contributed by atoms with van der Waals surface area (Å²) in [4.78, 5) is 24.1. The molecule has 0 amide bonds. The molecule has 1 aromatic heterocycles. The minimum atomic E-state index is -1.17. The normalized spacial score (nSPS) is 15.5. The topological polar surface area (TPSA) is 117 Å². The summed E-state index contributed by atoms with van der Waals surface area (Å²) in [6.07, 6.45) is 0.438. The largest absolute Gasteiger partial charge is 0.537 e. The minimum Gasteiger partial charge on any atom is -0.534 e. The Morgan fingerprint density at radius 2 is 2.21 bits per heavy atom. The van der Waals surface area contributed by atoms with Crippen LogP contribution in [0.15, 0.2) is 22.0 Å². The van der Waals surface area contributed by atoms with E-state index < -0.39 is 25.8 Å². The van der Waals surface area contributed by atoms with Gasteiger partial charge in [-0.1, -0.05) is 43.0 Å². The summed E-state index contributed by atoms with van der Waals surface area (Å²) in [7, 11) is 0.235. The van der Waals surface area contributed by atoms with Gasteiger partial charge in [-0.15, -0.1) is 10.2 Å². The van der Waals surface area contributed by atoms with Gasteiger partial charge >= 0.3 is 19.1 Å².